The van der Waals surface area contributed by atoms with Crippen LogP contribution in [0.2, 0.25) is 0 Å². The largest absolute Gasteiger partial charge is 0.480 e. The molecule has 0 atom stereocenters. The lowest BCUT2D eigenvalue weighted by molar-refractivity contribution is -0.141. The van der Waals surface area contributed by atoms with Crippen molar-refractivity contribution in [3.63, 3.8) is 0 Å². The van der Waals surface area contributed by atoms with E-state index in [9.17, 15) is 9.59 Å². The molecular weight excluding hydrogens is 270 g/mol. The number of nitrogens with one attached hydrogen (secondary N) is 1. The highest BCUT2D eigenvalue weighted by Crippen LogP contribution is 2.18. The van der Waals surface area contributed by atoms with Gasteiger partial charge in [-0.05, 0) is 38.8 Å². The molecule has 2 aromatic rings. The summed E-state index contributed by atoms with van der Waals surface area (Å²) < 4.78 is 1.44. The predicted octanol–water partition coefficient (Wildman–Crippen LogP) is 1.84. The fraction of sp³-hybridized carbons (Fsp3) is 0.400. The summed E-state index contributed by atoms with van der Waals surface area (Å²) in [5.41, 5.74) is 1.43. The van der Waals surface area contributed by atoms with Gasteiger partial charge in [0.2, 0.25) is 0 Å². The van der Waals surface area contributed by atoms with Gasteiger partial charge in [-0.2, -0.15) is 0 Å². The third-order valence-electron chi connectivity index (χ3n) is 3.35. The van der Waals surface area contributed by atoms with E-state index in [1.165, 1.54) is 10.5 Å². The number of hydrogen-bond donors (Lipinski definition) is 2. The maximum Gasteiger partial charge on any atom is 0.328 e. The molecule has 0 radical (unpaired) electrons. The van der Waals surface area contributed by atoms with Gasteiger partial charge in [-0.1, -0.05) is 6.92 Å². The highest BCUT2D eigenvalue weighted by molar-refractivity contribution is 5.81. The van der Waals surface area contributed by atoms with Crippen LogP contribution in [0.3, 0.4) is 0 Å². The van der Waals surface area contributed by atoms with E-state index in [0.717, 1.165) is 11.3 Å². The average molecular weight is 289 g/mol. The van der Waals surface area contributed by atoms with Crippen LogP contribution in [0, 0.1) is 6.92 Å². The first kappa shape index (κ1) is 15.0. The zero-order chi connectivity index (χ0) is 15.8. The second kappa shape index (κ2) is 5.20. The zero-order valence-corrected chi connectivity index (χ0v) is 12.6. The molecule has 0 saturated carbocycles. The second-order valence-corrected chi connectivity index (χ2v) is 5.60. The van der Waals surface area contributed by atoms with Crippen molar-refractivity contribution in [2.45, 2.75) is 39.7 Å². The molecule has 2 aromatic heterocycles. The van der Waals surface area contributed by atoms with Gasteiger partial charge >= 0.3 is 5.97 Å². The topological polar surface area (TPSA) is 83.7 Å². The monoisotopic (exact) mass is 289 g/mol. The van der Waals surface area contributed by atoms with Crippen LogP contribution in [-0.2, 0) is 11.2 Å². The molecule has 2 heterocycles. The molecule has 0 amide bonds. The molecule has 0 aliphatic rings. The van der Waals surface area contributed by atoms with Gasteiger partial charge in [-0.3, -0.25) is 9.20 Å². The molecule has 0 fully saturated rings. The number of fused-ring (bicyclic) bond motifs is 1. The molecule has 0 aromatic carbocycles. The molecule has 21 heavy (non-hydrogen) atoms. The average Bonchev–Trinajstić information content (AvgIpc) is 2.39. The zero-order valence-electron chi connectivity index (χ0n) is 12.6. The predicted molar refractivity (Wildman–Crippen MR) is 80.9 cm³/mol. The summed E-state index contributed by atoms with van der Waals surface area (Å²) in [7, 11) is 0. The van der Waals surface area contributed by atoms with E-state index in [2.05, 4.69) is 10.3 Å². The van der Waals surface area contributed by atoms with Crippen LogP contribution in [0.15, 0.2) is 23.1 Å². The number of carbonyl (C=O) groups is 1. The maximum absolute atomic E-state index is 12.1. The number of pyridine rings is 1. The molecule has 112 valence electrons. The summed E-state index contributed by atoms with van der Waals surface area (Å²) in [6.45, 7) is 6.92. The van der Waals surface area contributed by atoms with E-state index >= 15 is 0 Å². The van der Waals surface area contributed by atoms with Gasteiger partial charge in [0.15, 0.2) is 0 Å². The lowest BCUT2D eigenvalue weighted by atomic mass is 10.1. The fourth-order valence-electron chi connectivity index (χ4n) is 2.08. The minimum absolute atomic E-state index is 0.170. The molecule has 0 bridgehead atoms. The number of aliphatic carboxylic acids is 1. The van der Waals surface area contributed by atoms with E-state index < -0.39 is 11.5 Å². The van der Waals surface area contributed by atoms with Gasteiger partial charge in [-0.25, -0.2) is 9.78 Å². The van der Waals surface area contributed by atoms with Crippen LogP contribution >= 0.6 is 0 Å². The summed E-state index contributed by atoms with van der Waals surface area (Å²) in [6.07, 6.45) is 2.28. The number of carboxylic acid groups (broad SMARTS) is 1. The van der Waals surface area contributed by atoms with Crippen LogP contribution in [0.25, 0.3) is 5.65 Å². The number of nitrogens with zero attached hydrogens (tertiary/aromatic N) is 2. The Hall–Kier alpha value is -2.37. The smallest absolute Gasteiger partial charge is 0.328 e. The summed E-state index contributed by atoms with van der Waals surface area (Å²) in [5.74, 6) is -0.966. The fourth-order valence-corrected chi connectivity index (χ4v) is 2.08. The Morgan fingerprint density at radius 2 is 2.10 bits per heavy atom. The van der Waals surface area contributed by atoms with Crippen LogP contribution < -0.4 is 10.9 Å². The van der Waals surface area contributed by atoms with Crippen LogP contribution in [0.4, 0.5) is 5.69 Å². The van der Waals surface area contributed by atoms with Crippen molar-refractivity contribution in [3.05, 3.63) is 39.9 Å². The highest BCUT2D eigenvalue weighted by atomic mass is 16.4. The minimum atomic E-state index is -1.12. The lowest BCUT2D eigenvalue weighted by Gasteiger charge is -2.23. The van der Waals surface area contributed by atoms with E-state index in [1.54, 1.807) is 26.1 Å². The van der Waals surface area contributed by atoms with E-state index in [0.29, 0.717) is 17.8 Å². The molecule has 0 spiro atoms. The van der Waals surface area contributed by atoms with Gasteiger partial charge in [0.05, 0.1) is 5.69 Å². The summed E-state index contributed by atoms with van der Waals surface area (Å²) in [5, 5.41) is 12.1. The molecule has 0 aliphatic carbocycles. The minimum Gasteiger partial charge on any atom is -0.480 e. The molecule has 0 saturated heterocycles. The first-order valence-electron chi connectivity index (χ1n) is 6.79. The normalized spacial score (nSPS) is 11.6. The molecule has 6 nitrogen and oxygen atoms in total. The first-order chi connectivity index (χ1) is 9.74. The van der Waals surface area contributed by atoms with Crippen molar-refractivity contribution < 1.29 is 9.90 Å². The maximum atomic E-state index is 12.1. The summed E-state index contributed by atoms with van der Waals surface area (Å²) in [4.78, 5) is 27.8. The van der Waals surface area contributed by atoms with Crippen molar-refractivity contribution in [2.75, 3.05) is 5.32 Å². The van der Waals surface area contributed by atoms with Crippen molar-refractivity contribution in [3.8, 4) is 0 Å². The molecule has 0 unspecified atom stereocenters. The van der Waals surface area contributed by atoms with Gasteiger partial charge < -0.3 is 10.4 Å². The third-order valence-corrected chi connectivity index (χ3v) is 3.35. The summed E-state index contributed by atoms with van der Waals surface area (Å²) >= 11 is 0. The Balaban J connectivity index is 2.58. The van der Waals surface area contributed by atoms with Gasteiger partial charge in [0.1, 0.15) is 11.2 Å². The Morgan fingerprint density at radius 1 is 1.43 bits per heavy atom. The van der Waals surface area contributed by atoms with Crippen LogP contribution in [0.1, 0.15) is 32.0 Å². The van der Waals surface area contributed by atoms with Crippen molar-refractivity contribution in [2.24, 2.45) is 0 Å². The molecular formula is C15H19N3O3. The van der Waals surface area contributed by atoms with Gasteiger partial charge in [-0.15, -0.1) is 0 Å². The van der Waals surface area contributed by atoms with E-state index in [4.69, 9.17) is 5.11 Å². The Bertz CT molecular complexity index is 763. The number of anilines is 1. The standard InChI is InChI=1S/C15H19N3O3/c1-5-10-7-12(19)18-8-11(6-9(2)13(18)16-10)17-15(3,4)14(20)21/h6-8,17H,5H2,1-4H3,(H,20,21). The SMILES string of the molecule is CCc1cc(=O)n2cc(NC(C)(C)C(=O)O)cc(C)c2n1. The Morgan fingerprint density at radius 3 is 2.67 bits per heavy atom. The number of rotatable bonds is 4. The van der Waals surface area contributed by atoms with Crippen molar-refractivity contribution >= 4 is 17.3 Å². The quantitative estimate of drug-likeness (QED) is 0.897. The molecule has 2 rings (SSSR count). The molecule has 2 N–H and O–H groups in total. The molecule has 0 aliphatic heterocycles. The van der Waals surface area contributed by atoms with Crippen molar-refractivity contribution in [1.82, 2.24) is 9.38 Å². The lowest BCUT2D eigenvalue weighted by Crippen LogP contribution is -2.40. The van der Waals surface area contributed by atoms with E-state index in [-0.39, 0.29) is 5.56 Å². The van der Waals surface area contributed by atoms with Gasteiger partial charge in [0, 0.05) is 18.0 Å². The Labute approximate surface area is 122 Å². The molecule has 6 heteroatoms. The number of hydrogen-bond acceptors (Lipinski definition) is 4. The Kier molecular flexibility index (Phi) is 3.72. The second-order valence-electron chi connectivity index (χ2n) is 5.60. The third kappa shape index (κ3) is 2.89. The summed E-state index contributed by atoms with van der Waals surface area (Å²) in [6, 6.07) is 3.30. The van der Waals surface area contributed by atoms with Crippen molar-refractivity contribution in [1.29, 1.82) is 0 Å². The number of aromatic nitrogens is 2. The van der Waals surface area contributed by atoms with Gasteiger partial charge in [0.25, 0.3) is 5.56 Å². The van der Waals surface area contributed by atoms with Crippen LogP contribution in [0.5, 0.6) is 0 Å². The van der Waals surface area contributed by atoms with Crippen LogP contribution in [-0.4, -0.2) is 26.0 Å². The number of carboxylic acids is 1. The highest BCUT2D eigenvalue weighted by Gasteiger charge is 2.26. The number of aryl methyl sites for hydroxylation is 2. The first-order valence-corrected chi connectivity index (χ1v) is 6.79. The van der Waals surface area contributed by atoms with E-state index in [1.807, 2.05) is 13.8 Å².